The lowest BCUT2D eigenvalue weighted by Crippen LogP contribution is -2.17. The van der Waals surface area contributed by atoms with E-state index < -0.39 is 5.91 Å². The molecular formula is C23H19Br3N2O4. The van der Waals surface area contributed by atoms with Gasteiger partial charge in [0.15, 0.2) is 11.5 Å². The molecule has 3 rings (SSSR count). The molecule has 0 heterocycles. The van der Waals surface area contributed by atoms with Gasteiger partial charge in [0.05, 0.1) is 22.3 Å². The van der Waals surface area contributed by atoms with Crippen LogP contribution in [0.5, 0.6) is 17.2 Å². The Morgan fingerprint density at radius 2 is 1.69 bits per heavy atom. The molecule has 0 radical (unpaired) electrons. The molecule has 0 aromatic heterocycles. The number of benzene rings is 3. The van der Waals surface area contributed by atoms with Crippen LogP contribution in [0.2, 0.25) is 0 Å². The Morgan fingerprint density at radius 3 is 2.31 bits per heavy atom. The summed E-state index contributed by atoms with van der Waals surface area (Å²) in [5.41, 5.74) is 5.73. The summed E-state index contributed by atoms with van der Waals surface area (Å²) in [5, 5.41) is 13.8. The molecule has 3 aromatic rings. The van der Waals surface area contributed by atoms with E-state index in [2.05, 4.69) is 58.3 Å². The first-order valence-corrected chi connectivity index (χ1v) is 11.7. The molecule has 0 fully saturated rings. The number of hydrazone groups is 1. The quantitative estimate of drug-likeness (QED) is 0.237. The highest BCUT2D eigenvalue weighted by atomic mass is 79.9. The Balaban J connectivity index is 1.70. The molecule has 9 heteroatoms. The van der Waals surface area contributed by atoms with Crippen molar-refractivity contribution in [3.8, 4) is 17.2 Å². The van der Waals surface area contributed by atoms with Gasteiger partial charge in [0.2, 0.25) is 0 Å². The third kappa shape index (κ3) is 6.11. The molecule has 0 saturated carbocycles. The molecule has 0 aliphatic heterocycles. The van der Waals surface area contributed by atoms with Crippen molar-refractivity contribution >= 4 is 59.9 Å². The lowest BCUT2D eigenvalue weighted by atomic mass is 10.2. The van der Waals surface area contributed by atoms with Crippen molar-refractivity contribution in [1.82, 2.24) is 5.43 Å². The van der Waals surface area contributed by atoms with Crippen molar-refractivity contribution in [3.63, 3.8) is 0 Å². The number of phenolic OH excluding ortho intramolecular Hbond substituents is 1. The second kappa shape index (κ2) is 11.0. The maximum absolute atomic E-state index is 12.3. The van der Waals surface area contributed by atoms with Crippen LogP contribution >= 0.6 is 47.8 Å². The minimum atomic E-state index is -0.427. The number of aryl methyl sites for hydroxylation is 1. The van der Waals surface area contributed by atoms with Crippen LogP contribution in [0.25, 0.3) is 0 Å². The molecule has 0 unspecified atom stereocenters. The highest BCUT2D eigenvalue weighted by molar-refractivity contribution is 9.11. The predicted octanol–water partition coefficient (Wildman–Crippen LogP) is 6.34. The Morgan fingerprint density at radius 1 is 1.03 bits per heavy atom. The molecule has 32 heavy (non-hydrogen) atoms. The van der Waals surface area contributed by atoms with Crippen LogP contribution in [0.4, 0.5) is 0 Å². The fourth-order valence-corrected chi connectivity index (χ4v) is 4.30. The number of ether oxygens (including phenoxy) is 2. The summed E-state index contributed by atoms with van der Waals surface area (Å²) >= 11 is 9.91. The van der Waals surface area contributed by atoms with Crippen LogP contribution in [0.3, 0.4) is 0 Å². The molecule has 0 saturated heterocycles. The van der Waals surface area contributed by atoms with E-state index in [0.29, 0.717) is 38.2 Å². The number of nitrogens with one attached hydrogen (secondary N) is 1. The summed E-state index contributed by atoms with van der Waals surface area (Å²) < 4.78 is 12.9. The topological polar surface area (TPSA) is 80.2 Å². The standard InChI is InChI=1S/C23H19Br3N2O4/c1-13-3-5-14(6-4-13)12-32-21-10-17(24)16(9-20(21)31-2)11-27-28-23(30)15-7-18(25)22(29)19(26)8-15/h3-11,29H,12H2,1-2H3,(H,28,30)/b27-11-. The van der Waals surface area contributed by atoms with Gasteiger partial charge in [0, 0.05) is 15.6 Å². The fourth-order valence-electron chi connectivity index (χ4n) is 2.69. The number of hydrogen-bond acceptors (Lipinski definition) is 5. The molecule has 2 N–H and O–H groups in total. The number of carbonyl (C=O) groups excluding carboxylic acids is 1. The van der Waals surface area contributed by atoms with Crippen molar-refractivity contribution in [2.24, 2.45) is 5.10 Å². The Hall–Kier alpha value is -2.36. The number of amides is 1. The van der Waals surface area contributed by atoms with Crippen molar-refractivity contribution in [1.29, 1.82) is 0 Å². The first-order valence-electron chi connectivity index (χ1n) is 9.35. The second-order valence-corrected chi connectivity index (χ2v) is 9.35. The molecule has 1 amide bonds. The number of phenols is 1. The summed E-state index contributed by atoms with van der Waals surface area (Å²) in [6.07, 6.45) is 1.50. The van der Waals surface area contributed by atoms with Crippen molar-refractivity contribution < 1.29 is 19.4 Å². The number of hydrogen-bond donors (Lipinski definition) is 2. The monoisotopic (exact) mass is 624 g/mol. The van der Waals surface area contributed by atoms with Gasteiger partial charge in [0.1, 0.15) is 12.4 Å². The highest BCUT2D eigenvalue weighted by Gasteiger charge is 2.12. The lowest BCUT2D eigenvalue weighted by molar-refractivity contribution is 0.0955. The molecule has 0 aliphatic rings. The summed E-state index contributed by atoms with van der Waals surface area (Å²) in [7, 11) is 1.56. The SMILES string of the molecule is COc1cc(/C=N\NC(=O)c2cc(Br)c(O)c(Br)c2)c(Br)cc1OCc1ccc(C)cc1. The second-order valence-electron chi connectivity index (χ2n) is 6.79. The van der Waals surface area contributed by atoms with Crippen molar-refractivity contribution in [3.05, 3.63) is 84.2 Å². The zero-order valence-electron chi connectivity index (χ0n) is 17.2. The van der Waals surface area contributed by atoms with E-state index in [1.54, 1.807) is 19.2 Å². The number of methoxy groups -OCH3 is 1. The highest BCUT2D eigenvalue weighted by Crippen LogP contribution is 2.34. The zero-order valence-corrected chi connectivity index (χ0v) is 21.9. The maximum Gasteiger partial charge on any atom is 0.271 e. The van der Waals surface area contributed by atoms with Crippen LogP contribution < -0.4 is 14.9 Å². The molecule has 0 atom stereocenters. The van der Waals surface area contributed by atoms with E-state index in [0.717, 1.165) is 10.0 Å². The molecule has 166 valence electrons. The van der Waals surface area contributed by atoms with Gasteiger partial charge in [-0.25, -0.2) is 5.43 Å². The van der Waals surface area contributed by atoms with Crippen molar-refractivity contribution in [2.75, 3.05) is 7.11 Å². The minimum absolute atomic E-state index is 0.0192. The average Bonchev–Trinajstić information content (AvgIpc) is 2.77. The van der Waals surface area contributed by atoms with Gasteiger partial charge in [0.25, 0.3) is 5.91 Å². The Bertz CT molecular complexity index is 1140. The molecular weight excluding hydrogens is 608 g/mol. The van der Waals surface area contributed by atoms with E-state index in [1.807, 2.05) is 31.2 Å². The molecule has 0 spiro atoms. The Kier molecular flexibility index (Phi) is 8.33. The van der Waals surface area contributed by atoms with E-state index in [-0.39, 0.29) is 5.75 Å². The third-order valence-electron chi connectivity index (χ3n) is 4.45. The van der Waals surface area contributed by atoms with E-state index in [9.17, 15) is 9.90 Å². The number of nitrogens with zero attached hydrogens (tertiary/aromatic N) is 1. The summed E-state index contributed by atoms with van der Waals surface area (Å²) in [6, 6.07) is 14.7. The average molecular weight is 627 g/mol. The molecule has 3 aromatic carbocycles. The van der Waals surface area contributed by atoms with E-state index in [1.165, 1.54) is 23.9 Å². The molecule has 0 aliphatic carbocycles. The van der Waals surface area contributed by atoms with Gasteiger partial charge >= 0.3 is 0 Å². The molecule has 6 nitrogen and oxygen atoms in total. The zero-order chi connectivity index (χ0) is 23.3. The number of rotatable bonds is 7. The van der Waals surface area contributed by atoms with E-state index in [4.69, 9.17) is 9.47 Å². The summed E-state index contributed by atoms with van der Waals surface area (Å²) in [6.45, 7) is 2.44. The molecule has 0 bridgehead atoms. The Labute approximate surface area is 211 Å². The summed E-state index contributed by atoms with van der Waals surface area (Å²) in [5.74, 6) is 0.717. The first kappa shape index (κ1) is 24.3. The maximum atomic E-state index is 12.3. The number of halogens is 3. The van der Waals surface area contributed by atoms with Gasteiger partial charge in [-0.3, -0.25) is 4.79 Å². The van der Waals surface area contributed by atoms with Gasteiger partial charge < -0.3 is 14.6 Å². The fraction of sp³-hybridized carbons (Fsp3) is 0.130. The first-order chi connectivity index (χ1) is 15.3. The number of carbonyl (C=O) groups is 1. The van der Waals surface area contributed by atoms with Crippen LogP contribution in [-0.2, 0) is 6.61 Å². The van der Waals surface area contributed by atoms with Crippen LogP contribution in [0.1, 0.15) is 27.0 Å². The minimum Gasteiger partial charge on any atom is -0.506 e. The predicted molar refractivity (Wildman–Crippen MR) is 135 cm³/mol. The normalized spacial score (nSPS) is 10.9. The van der Waals surface area contributed by atoms with Gasteiger partial charge in [-0.15, -0.1) is 0 Å². The lowest BCUT2D eigenvalue weighted by Gasteiger charge is -2.13. The smallest absolute Gasteiger partial charge is 0.271 e. The van der Waals surface area contributed by atoms with Gasteiger partial charge in [-0.1, -0.05) is 29.8 Å². The van der Waals surface area contributed by atoms with E-state index >= 15 is 0 Å². The largest absolute Gasteiger partial charge is 0.506 e. The van der Waals surface area contributed by atoms with Crippen molar-refractivity contribution in [2.45, 2.75) is 13.5 Å². The van der Waals surface area contributed by atoms with Crippen LogP contribution in [0.15, 0.2) is 67.1 Å². The summed E-state index contributed by atoms with van der Waals surface area (Å²) in [4.78, 5) is 12.3. The third-order valence-corrected chi connectivity index (χ3v) is 6.34. The van der Waals surface area contributed by atoms with Gasteiger partial charge in [-0.2, -0.15) is 5.10 Å². The van der Waals surface area contributed by atoms with Crippen LogP contribution in [0, 0.1) is 6.92 Å². The van der Waals surface area contributed by atoms with Gasteiger partial charge in [-0.05, 0) is 84.5 Å². The van der Waals surface area contributed by atoms with Crippen LogP contribution in [-0.4, -0.2) is 24.3 Å². The number of aromatic hydroxyl groups is 1.